The Labute approximate surface area is 82.3 Å². The predicted molar refractivity (Wildman–Crippen MR) is 44.7 cm³/mol. The Morgan fingerprint density at radius 2 is 2.07 bits per heavy atom. The van der Waals surface area contributed by atoms with Crippen LogP contribution in [0, 0.1) is 11.6 Å². The molecule has 2 aromatic rings. The molecule has 0 aliphatic heterocycles. The third-order valence-corrected chi connectivity index (χ3v) is 1.74. The lowest BCUT2D eigenvalue weighted by atomic mass is 10.2. The van der Waals surface area contributed by atoms with Gasteiger partial charge in [0.1, 0.15) is 0 Å². The average Bonchev–Trinajstić information content (AvgIpc) is 2.57. The molecule has 1 aromatic carbocycles. The summed E-state index contributed by atoms with van der Waals surface area (Å²) in [7, 11) is 0. The first-order valence-corrected chi connectivity index (χ1v) is 4.00. The second kappa shape index (κ2) is 3.34. The molecule has 0 saturated carbocycles. The fourth-order valence-electron chi connectivity index (χ4n) is 0.984. The molecule has 0 saturated heterocycles. The topological polar surface area (TPSA) is 38.9 Å². The van der Waals surface area contributed by atoms with Gasteiger partial charge in [0.25, 0.3) is 11.2 Å². The zero-order valence-electron chi connectivity index (χ0n) is 6.67. The van der Waals surface area contributed by atoms with Crippen LogP contribution in [0.4, 0.5) is 8.78 Å². The van der Waals surface area contributed by atoms with E-state index in [1.807, 2.05) is 0 Å². The Balaban J connectivity index is 2.57. The van der Waals surface area contributed by atoms with Gasteiger partial charge in [0.2, 0.25) is 0 Å². The number of rotatable bonds is 1. The summed E-state index contributed by atoms with van der Waals surface area (Å²) >= 11 is 5.37. The summed E-state index contributed by atoms with van der Waals surface area (Å²) in [4.78, 5) is 3.56. The zero-order valence-corrected chi connectivity index (χ0v) is 7.42. The molecule has 0 atom stereocenters. The molecule has 0 bridgehead atoms. The molecule has 0 aliphatic carbocycles. The Bertz CT molecular complexity index is 472. The van der Waals surface area contributed by atoms with Crippen LogP contribution in [0.3, 0.4) is 0 Å². The molecule has 2 rings (SSSR count). The molecule has 6 heteroatoms. The normalized spacial score (nSPS) is 10.5. The lowest BCUT2D eigenvalue weighted by Gasteiger charge is -1.96. The second-order valence-corrected chi connectivity index (χ2v) is 2.81. The molecule has 0 N–H and O–H groups in total. The smallest absolute Gasteiger partial charge is 0.264 e. The van der Waals surface area contributed by atoms with Gasteiger partial charge in [0.15, 0.2) is 11.6 Å². The minimum Gasteiger partial charge on any atom is -0.333 e. The molecule has 0 radical (unpaired) electrons. The van der Waals surface area contributed by atoms with Gasteiger partial charge >= 0.3 is 0 Å². The van der Waals surface area contributed by atoms with Gasteiger partial charge in [0, 0.05) is 0 Å². The standard InChI is InChI=1S/C8H3ClF2N2O/c9-8-12-7(14-13-8)4-2-1-3-5(10)6(4)11/h1-3H. The van der Waals surface area contributed by atoms with E-state index in [-0.39, 0.29) is 16.7 Å². The molecular weight excluding hydrogens is 214 g/mol. The number of halogens is 3. The molecular formula is C8H3ClF2N2O. The summed E-state index contributed by atoms with van der Waals surface area (Å²) in [5, 5.41) is 3.10. The predicted octanol–water partition coefficient (Wildman–Crippen LogP) is 2.67. The summed E-state index contributed by atoms with van der Waals surface area (Å²) in [6, 6.07) is 3.66. The molecule has 1 heterocycles. The summed E-state index contributed by atoms with van der Waals surface area (Å²) in [5.74, 6) is -2.16. The van der Waals surface area contributed by atoms with Crippen molar-refractivity contribution >= 4 is 11.6 Å². The highest BCUT2D eigenvalue weighted by atomic mass is 35.5. The van der Waals surface area contributed by atoms with Gasteiger partial charge in [-0.3, -0.25) is 0 Å². The van der Waals surface area contributed by atoms with E-state index in [2.05, 4.69) is 14.7 Å². The van der Waals surface area contributed by atoms with Gasteiger partial charge < -0.3 is 4.52 Å². The van der Waals surface area contributed by atoms with Crippen LogP contribution < -0.4 is 0 Å². The maximum Gasteiger partial charge on any atom is 0.264 e. The van der Waals surface area contributed by atoms with Gasteiger partial charge in [-0.25, -0.2) is 8.78 Å². The van der Waals surface area contributed by atoms with Gasteiger partial charge in [-0.05, 0) is 28.9 Å². The van der Waals surface area contributed by atoms with Crippen molar-refractivity contribution in [3.8, 4) is 11.5 Å². The molecule has 0 unspecified atom stereocenters. The van der Waals surface area contributed by atoms with E-state index in [1.54, 1.807) is 0 Å². The van der Waals surface area contributed by atoms with Crippen LogP contribution >= 0.6 is 11.6 Å². The Morgan fingerprint density at radius 3 is 2.71 bits per heavy atom. The SMILES string of the molecule is Fc1cccc(-c2nc(Cl)no2)c1F. The average molecular weight is 217 g/mol. The lowest BCUT2D eigenvalue weighted by molar-refractivity contribution is 0.425. The minimum absolute atomic E-state index is 0.107. The molecule has 0 amide bonds. The van der Waals surface area contributed by atoms with Crippen LogP contribution in [-0.4, -0.2) is 10.1 Å². The number of nitrogens with zero attached hydrogens (tertiary/aromatic N) is 2. The van der Waals surface area contributed by atoms with E-state index >= 15 is 0 Å². The van der Waals surface area contributed by atoms with Crippen LogP contribution in [0.2, 0.25) is 5.28 Å². The Kier molecular flexibility index (Phi) is 2.17. The van der Waals surface area contributed by atoms with Crippen LogP contribution in [0.25, 0.3) is 11.5 Å². The van der Waals surface area contributed by atoms with Crippen molar-refractivity contribution in [2.45, 2.75) is 0 Å². The Hall–Kier alpha value is -1.49. The van der Waals surface area contributed by atoms with Crippen LogP contribution in [0.1, 0.15) is 0 Å². The van der Waals surface area contributed by atoms with Crippen LogP contribution in [0.5, 0.6) is 0 Å². The highest BCUT2D eigenvalue weighted by molar-refractivity contribution is 6.28. The molecule has 0 fully saturated rings. The first kappa shape index (κ1) is 9.08. The van der Waals surface area contributed by atoms with E-state index in [0.717, 1.165) is 6.07 Å². The molecule has 14 heavy (non-hydrogen) atoms. The summed E-state index contributed by atoms with van der Waals surface area (Å²) in [6.45, 7) is 0. The van der Waals surface area contributed by atoms with Crippen molar-refractivity contribution in [2.24, 2.45) is 0 Å². The highest BCUT2D eigenvalue weighted by Gasteiger charge is 2.14. The highest BCUT2D eigenvalue weighted by Crippen LogP contribution is 2.23. The van der Waals surface area contributed by atoms with Crippen molar-refractivity contribution in [3.05, 3.63) is 35.1 Å². The summed E-state index contributed by atoms with van der Waals surface area (Å²) in [5.41, 5.74) is -0.107. The van der Waals surface area contributed by atoms with Gasteiger partial charge in [-0.1, -0.05) is 6.07 Å². The molecule has 0 spiro atoms. The van der Waals surface area contributed by atoms with Gasteiger partial charge in [-0.2, -0.15) is 4.98 Å². The monoisotopic (exact) mass is 216 g/mol. The van der Waals surface area contributed by atoms with Crippen molar-refractivity contribution in [2.75, 3.05) is 0 Å². The van der Waals surface area contributed by atoms with E-state index in [9.17, 15) is 8.78 Å². The third-order valence-electron chi connectivity index (χ3n) is 1.58. The van der Waals surface area contributed by atoms with Crippen molar-refractivity contribution in [3.63, 3.8) is 0 Å². The van der Waals surface area contributed by atoms with Crippen molar-refractivity contribution < 1.29 is 13.3 Å². The lowest BCUT2D eigenvalue weighted by Crippen LogP contribution is -1.88. The van der Waals surface area contributed by atoms with Crippen molar-refractivity contribution in [1.29, 1.82) is 0 Å². The number of benzene rings is 1. The molecule has 3 nitrogen and oxygen atoms in total. The van der Waals surface area contributed by atoms with E-state index < -0.39 is 11.6 Å². The molecule has 72 valence electrons. The Morgan fingerprint density at radius 1 is 1.29 bits per heavy atom. The van der Waals surface area contributed by atoms with Crippen molar-refractivity contribution in [1.82, 2.24) is 10.1 Å². The molecule has 1 aromatic heterocycles. The largest absolute Gasteiger partial charge is 0.333 e. The summed E-state index contributed by atoms with van der Waals surface area (Å²) in [6.07, 6.45) is 0. The maximum absolute atomic E-state index is 13.2. The van der Waals surface area contributed by atoms with E-state index in [0.29, 0.717) is 0 Å². The zero-order chi connectivity index (χ0) is 10.1. The fraction of sp³-hybridized carbons (Fsp3) is 0. The number of hydrogen-bond donors (Lipinski definition) is 0. The first-order chi connectivity index (χ1) is 6.68. The fourth-order valence-corrected chi connectivity index (χ4v) is 1.10. The maximum atomic E-state index is 13.2. The van der Waals surface area contributed by atoms with Crippen LogP contribution in [0.15, 0.2) is 22.7 Å². The minimum atomic E-state index is -1.03. The quantitative estimate of drug-likeness (QED) is 0.736. The first-order valence-electron chi connectivity index (χ1n) is 3.62. The number of aromatic nitrogens is 2. The number of hydrogen-bond acceptors (Lipinski definition) is 3. The summed E-state index contributed by atoms with van der Waals surface area (Å²) < 4.78 is 30.5. The van der Waals surface area contributed by atoms with Crippen LogP contribution in [-0.2, 0) is 0 Å². The van der Waals surface area contributed by atoms with E-state index in [1.165, 1.54) is 12.1 Å². The third kappa shape index (κ3) is 1.46. The van der Waals surface area contributed by atoms with Gasteiger partial charge in [-0.15, -0.1) is 0 Å². The van der Waals surface area contributed by atoms with E-state index in [4.69, 9.17) is 11.6 Å². The molecule has 0 aliphatic rings. The second-order valence-electron chi connectivity index (χ2n) is 2.47. The van der Waals surface area contributed by atoms with Gasteiger partial charge in [0.05, 0.1) is 5.56 Å².